The van der Waals surface area contributed by atoms with Gasteiger partial charge in [-0.2, -0.15) is 0 Å². The van der Waals surface area contributed by atoms with Crippen LogP contribution in [0.1, 0.15) is 0 Å². The highest BCUT2D eigenvalue weighted by atomic mass is 32.2. The Morgan fingerprint density at radius 1 is 1.06 bits per heavy atom. The molecule has 1 aromatic carbocycles. The van der Waals surface area contributed by atoms with Crippen molar-refractivity contribution in [1.82, 2.24) is 9.97 Å². The van der Waals surface area contributed by atoms with Crippen LogP contribution in [0.3, 0.4) is 0 Å². The average molecular weight is 346 g/mol. The maximum Gasteiger partial charge on any atom is 0.135 e. The lowest BCUT2D eigenvalue weighted by molar-refractivity contribution is 0.978. The summed E-state index contributed by atoms with van der Waals surface area (Å²) in [6.07, 6.45) is 0. The molecular weight excluding hydrogens is 341 g/mol. The second-order valence-corrected chi connectivity index (χ2v) is 8.35. The first-order valence-corrected chi connectivity index (χ1v) is 7.93. The molecule has 0 aliphatic rings. The predicted octanol–water partition coefficient (Wildman–Crippen LogP) is 3.86. The molecule has 0 bridgehead atoms. The molecule has 18 heavy (non-hydrogen) atoms. The highest BCUT2D eigenvalue weighted by molar-refractivity contribution is 8.42. The molecule has 2 aromatic rings. The van der Waals surface area contributed by atoms with E-state index >= 15 is 0 Å². The van der Waals surface area contributed by atoms with Gasteiger partial charge in [-0.25, -0.2) is 9.97 Å². The van der Waals surface area contributed by atoms with Crippen LogP contribution in [-0.2, 0) is 12.6 Å². The van der Waals surface area contributed by atoms with Gasteiger partial charge in [0.05, 0.1) is 11.0 Å². The zero-order valence-electron chi connectivity index (χ0n) is 8.69. The molecule has 0 aliphatic heterocycles. The Morgan fingerprint density at radius 2 is 1.56 bits per heavy atom. The third kappa shape index (κ3) is 3.75. The van der Waals surface area contributed by atoms with E-state index in [9.17, 15) is 0 Å². The molecule has 92 valence electrons. The second kappa shape index (κ2) is 6.44. The Morgan fingerprint density at radius 3 is 2.00 bits per heavy atom. The van der Waals surface area contributed by atoms with E-state index in [4.69, 9.17) is 37.1 Å². The summed E-state index contributed by atoms with van der Waals surface area (Å²) in [5.41, 5.74) is 1.62. The number of thioether (sulfide) groups is 2. The van der Waals surface area contributed by atoms with Crippen molar-refractivity contribution >= 4 is 91.3 Å². The highest BCUT2D eigenvalue weighted by Gasteiger charge is 2.10. The number of hydrogen-bond donors (Lipinski definition) is 1. The van der Waals surface area contributed by atoms with Crippen molar-refractivity contribution in [2.45, 2.75) is 10.1 Å². The average Bonchev–Trinajstić information content (AvgIpc) is 2.28. The van der Waals surface area contributed by atoms with Gasteiger partial charge in [0.1, 0.15) is 13.6 Å². The van der Waals surface area contributed by atoms with Crippen LogP contribution < -0.4 is 0 Å². The predicted molar refractivity (Wildman–Crippen MR) is 92.8 cm³/mol. The summed E-state index contributed by atoms with van der Waals surface area (Å²) in [5.74, 6) is 0. The van der Waals surface area contributed by atoms with Gasteiger partial charge in [0.2, 0.25) is 0 Å². The minimum Gasteiger partial charge on any atom is -0.421 e. The van der Waals surface area contributed by atoms with Crippen molar-refractivity contribution in [3.63, 3.8) is 0 Å². The van der Waals surface area contributed by atoms with Crippen LogP contribution in [-0.4, -0.2) is 17.0 Å². The normalized spacial score (nSPS) is 10.5. The molecule has 0 radical (unpaired) electrons. The Hall–Kier alpha value is 0.01000. The van der Waals surface area contributed by atoms with Gasteiger partial charge in [-0.05, 0) is 23.9 Å². The summed E-state index contributed by atoms with van der Waals surface area (Å²) in [7, 11) is 0. The van der Waals surface area contributed by atoms with E-state index in [0.717, 1.165) is 11.0 Å². The molecule has 0 fully saturated rings. The minimum atomic E-state index is 0.381. The largest absolute Gasteiger partial charge is 0.421 e. The first-order valence-electron chi connectivity index (χ1n) is 4.62. The fourth-order valence-corrected chi connectivity index (χ4v) is 3.36. The van der Waals surface area contributed by atoms with Crippen molar-refractivity contribution in [2.24, 2.45) is 0 Å². The molecule has 2 rings (SSSR count). The number of benzene rings is 1. The molecule has 0 spiro atoms. The van der Waals surface area contributed by atoms with Crippen LogP contribution in [0.4, 0.5) is 0 Å². The highest BCUT2D eigenvalue weighted by Crippen LogP contribution is 2.31. The summed E-state index contributed by atoms with van der Waals surface area (Å²) in [6.45, 7) is 0. The zero-order valence-corrected chi connectivity index (χ0v) is 13.7. The fraction of sp³-hybridized carbons (Fsp3) is 0. The van der Waals surface area contributed by atoms with Gasteiger partial charge in [0.15, 0.2) is 0 Å². The number of para-hydroxylation sites is 2. The van der Waals surface area contributed by atoms with Crippen molar-refractivity contribution in [3.8, 4) is 0 Å². The number of fused-ring (bicyclic) bond motifs is 1. The van der Waals surface area contributed by atoms with E-state index in [1.807, 2.05) is 24.3 Å². The van der Waals surface area contributed by atoms with Gasteiger partial charge in [0, 0.05) is 0 Å². The number of hydrogen-bond acceptors (Lipinski definition) is 7. The number of nitrogens with zero attached hydrogens (tertiary/aromatic N) is 2. The molecule has 1 heterocycles. The van der Waals surface area contributed by atoms with Crippen molar-refractivity contribution < 1.29 is 0 Å². The Bertz CT molecular complexity index is 572. The van der Waals surface area contributed by atoms with Crippen LogP contribution >= 0.6 is 60.6 Å². The van der Waals surface area contributed by atoms with Crippen molar-refractivity contribution in [3.05, 3.63) is 24.3 Å². The molecular formula is C10H5N2S6-. The maximum absolute atomic E-state index is 4.96. The molecule has 8 heteroatoms. The smallest absolute Gasteiger partial charge is 0.135 e. The summed E-state index contributed by atoms with van der Waals surface area (Å²) < 4.78 is 0.864. The van der Waals surface area contributed by atoms with Gasteiger partial charge in [0.25, 0.3) is 0 Å². The molecule has 2 nitrogen and oxygen atoms in total. The molecule has 0 unspecified atom stereocenters. The second-order valence-electron chi connectivity index (χ2n) is 3.04. The number of thiol groups is 1. The molecule has 0 saturated heterocycles. The first kappa shape index (κ1) is 14.4. The van der Waals surface area contributed by atoms with E-state index in [0.29, 0.717) is 17.1 Å². The van der Waals surface area contributed by atoms with E-state index in [1.165, 1.54) is 23.5 Å². The van der Waals surface area contributed by atoms with Gasteiger partial charge in [-0.1, -0.05) is 39.6 Å². The molecule has 0 aliphatic carbocycles. The topological polar surface area (TPSA) is 25.8 Å². The lowest BCUT2D eigenvalue weighted by Crippen LogP contribution is -1.94. The van der Waals surface area contributed by atoms with E-state index in [2.05, 4.69) is 22.6 Å². The summed E-state index contributed by atoms with van der Waals surface area (Å²) >= 11 is 21.4. The quantitative estimate of drug-likeness (QED) is 0.382. The van der Waals surface area contributed by atoms with Crippen LogP contribution in [0.5, 0.6) is 0 Å². The van der Waals surface area contributed by atoms with E-state index in [1.54, 1.807) is 0 Å². The monoisotopic (exact) mass is 345 g/mol. The number of thiocarbonyl (C=S) groups is 2. The minimum absolute atomic E-state index is 0.381. The summed E-state index contributed by atoms with van der Waals surface area (Å²) in [6, 6.07) is 7.61. The molecule has 1 aromatic heterocycles. The molecule has 0 saturated carbocycles. The van der Waals surface area contributed by atoms with Crippen LogP contribution in [0.25, 0.3) is 11.0 Å². The summed E-state index contributed by atoms with van der Waals surface area (Å²) in [4.78, 5) is 9.01. The lowest BCUT2D eigenvalue weighted by atomic mass is 10.3. The zero-order chi connectivity index (χ0) is 13.1. The van der Waals surface area contributed by atoms with Gasteiger partial charge in [-0.15, -0.1) is 12.6 Å². The third-order valence-corrected chi connectivity index (χ3v) is 4.32. The first-order chi connectivity index (χ1) is 8.56. The lowest BCUT2D eigenvalue weighted by Gasteiger charge is -2.09. The van der Waals surface area contributed by atoms with Crippen LogP contribution in [0, 0.1) is 0 Å². The third-order valence-electron chi connectivity index (χ3n) is 1.87. The van der Waals surface area contributed by atoms with Gasteiger partial charge in [-0.3, -0.25) is 0 Å². The van der Waals surface area contributed by atoms with Gasteiger partial charge < -0.3 is 24.8 Å². The van der Waals surface area contributed by atoms with Crippen molar-refractivity contribution in [1.29, 1.82) is 0 Å². The molecule has 0 amide bonds. The standard InChI is InChI=1S/C10H6N2S6/c13-9(14)17-7-8(18-10(15)16)12-6-4-2-1-3-5(6)11-7/h1-4H,(H,13,14)(H,15,16)/p-1. The van der Waals surface area contributed by atoms with Crippen LogP contribution in [0.2, 0.25) is 0 Å². The molecule has 0 N–H and O–H groups in total. The van der Waals surface area contributed by atoms with Crippen molar-refractivity contribution in [2.75, 3.05) is 0 Å². The summed E-state index contributed by atoms with van der Waals surface area (Å²) in [5, 5.41) is 1.36. The Labute approximate surface area is 135 Å². The van der Waals surface area contributed by atoms with E-state index < -0.39 is 0 Å². The van der Waals surface area contributed by atoms with E-state index in [-0.39, 0.29) is 0 Å². The van der Waals surface area contributed by atoms with Gasteiger partial charge >= 0.3 is 0 Å². The fourth-order valence-electron chi connectivity index (χ4n) is 1.26. The SMILES string of the molecule is S=C([S-])Sc1nc2ccccc2nc1SC(=S)S. The maximum atomic E-state index is 4.96. The number of rotatable bonds is 2. The Balaban J connectivity index is 2.55. The van der Waals surface area contributed by atoms with Crippen LogP contribution in [0.15, 0.2) is 34.3 Å². The Kier molecular flexibility index (Phi) is 5.16. The molecule has 0 atom stereocenters. The number of aromatic nitrogens is 2.